The molecular weight excluding hydrogens is 260 g/mol. The van der Waals surface area contributed by atoms with E-state index in [-0.39, 0.29) is 0 Å². The number of hydrogen-bond acceptors (Lipinski definition) is 3. The Morgan fingerprint density at radius 2 is 2.10 bits per heavy atom. The molecule has 0 spiro atoms. The fourth-order valence-electron chi connectivity index (χ4n) is 2.90. The van der Waals surface area contributed by atoms with Crippen molar-refractivity contribution in [2.24, 2.45) is 0 Å². The van der Waals surface area contributed by atoms with Crippen LogP contribution in [0.15, 0.2) is 42.6 Å². The molecule has 0 aliphatic heterocycles. The van der Waals surface area contributed by atoms with E-state index in [1.807, 2.05) is 19.1 Å². The highest BCUT2D eigenvalue weighted by Crippen LogP contribution is 2.39. The standard InChI is InChI=1S/C18H22N2O/c1-3-21-18-17(8-5-9-19-18)20-16-11-15(12-16)14-7-4-6-13(2)10-14/h4-10,15-16,20H,3,11-12H2,1-2H3. The molecule has 0 radical (unpaired) electrons. The molecule has 0 saturated heterocycles. The zero-order chi connectivity index (χ0) is 14.7. The summed E-state index contributed by atoms with van der Waals surface area (Å²) in [4.78, 5) is 4.28. The molecule has 1 aliphatic rings. The van der Waals surface area contributed by atoms with Crippen molar-refractivity contribution in [3.63, 3.8) is 0 Å². The van der Waals surface area contributed by atoms with Crippen LogP contribution in [0.25, 0.3) is 0 Å². The van der Waals surface area contributed by atoms with E-state index in [0.717, 1.165) is 5.69 Å². The lowest BCUT2D eigenvalue weighted by Crippen LogP contribution is -2.34. The second-order valence-corrected chi connectivity index (χ2v) is 5.71. The third-order valence-corrected chi connectivity index (χ3v) is 4.06. The number of nitrogens with zero attached hydrogens (tertiary/aromatic N) is 1. The van der Waals surface area contributed by atoms with Gasteiger partial charge in [-0.3, -0.25) is 0 Å². The number of benzene rings is 1. The van der Waals surface area contributed by atoms with Gasteiger partial charge in [-0.05, 0) is 50.3 Å². The molecule has 0 atom stereocenters. The van der Waals surface area contributed by atoms with Gasteiger partial charge in [-0.2, -0.15) is 0 Å². The molecule has 3 nitrogen and oxygen atoms in total. The SMILES string of the molecule is CCOc1ncccc1NC1CC(c2cccc(C)c2)C1. The molecular formula is C18H22N2O. The first-order chi connectivity index (χ1) is 10.3. The van der Waals surface area contributed by atoms with Crippen molar-refractivity contribution in [3.8, 4) is 5.88 Å². The van der Waals surface area contributed by atoms with Crippen LogP contribution in [0, 0.1) is 6.92 Å². The topological polar surface area (TPSA) is 34.1 Å². The van der Waals surface area contributed by atoms with Gasteiger partial charge < -0.3 is 10.1 Å². The van der Waals surface area contributed by atoms with Gasteiger partial charge in [-0.1, -0.05) is 29.8 Å². The molecule has 1 heterocycles. The van der Waals surface area contributed by atoms with Gasteiger partial charge in [0.2, 0.25) is 5.88 Å². The summed E-state index contributed by atoms with van der Waals surface area (Å²) in [6.07, 6.45) is 4.11. The minimum atomic E-state index is 0.513. The van der Waals surface area contributed by atoms with E-state index in [9.17, 15) is 0 Å². The monoisotopic (exact) mass is 282 g/mol. The normalized spacial score (nSPS) is 20.7. The smallest absolute Gasteiger partial charge is 0.237 e. The van der Waals surface area contributed by atoms with E-state index in [4.69, 9.17) is 4.74 Å². The van der Waals surface area contributed by atoms with Crippen LogP contribution in [0.3, 0.4) is 0 Å². The molecule has 0 amide bonds. The van der Waals surface area contributed by atoms with E-state index >= 15 is 0 Å². The second kappa shape index (κ2) is 6.17. The summed E-state index contributed by atoms with van der Waals surface area (Å²) >= 11 is 0. The van der Waals surface area contributed by atoms with Crippen LogP contribution in [-0.2, 0) is 0 Å². The van der Waals surface area contributed by atoms with Gasteiger partial charge in [-0.15, -0.1) is 0 Å². The van der Waals surface area contributed by atoms with Crippen molar-refractivity contribution >= 4 is 5.69 Å². The molecule has 2 aromatic rings. The molecule has 1 aromatic carbocycles. The summed E-state index contributed by atoms with van der Waals surface area (Å²) in [5.74, 6) is 1.38. The Morgan fingerprint density at radius 3 is 2.86 bits per heavy atom. The molecule has 1 aliphatic carbocycles. The molecule has 1 fully saturated rings. The molecule has 0 bridgehead atoms. The van der Waals surface area contributed by atoms with Crippen molar-refractivity contribution in [2.75, 3.05) is 11.9 Å². The predicted octanol–water partition coefficient (Wildman–Crippen LogP) is 4.15. The van der Waals surface area contributed by atoms with Gasteiger partial charge in [0.05, 0.1) is 12.3 Å². The number of aryl methyl sites for hydroxylation is 1. The van der Waals surface area contributed by atoms with Gasteiger partial charge in [0.15, 0.2) is 0 Å². The Bertz CT molecular complexity index is 606. The third-order valence-electron chi connectivity index (χ3n) is 4.06. The van der Waals surface area contributed by atoms with Gasteiger partial charge in [0, 0.05) is 12.2 Å². The predicted molar refractivity (Wildman–Crippen MR) is 86.0 cm³/mol. The van der Waals surface area contributed by atoms with Crippen molar-refractivity contribution < 1.29 is 4.74 Å². The number of nitrogens with one attached hydrogen (secondary N) is 1. The number of anilines is 1. The van der Waals surface area contributed by atoms with Crippen LogP contribution < -0.4 is 10.1 Å². The largest absolute Gasteiger partial charge is 0.476 e. The van der Waals surface area contributed by atoms with Gasteiger partial charge in [-0.25, -0.2) is 4.98 Å². The fourth-order valence-corrected chi connectivity index (χ4v) is 2.90. The molecule has 3 heteroatoms. The summed E-state index contributed by atoms with van der Waals surface area (Å²) in [7, 11) is 0. The number of ether oxygens (including phenoxy) is 1. The Hall–Kier alpha value is -2.03. The maximum atomic E-state index is 5.56. The molecule has 1 N–H and O–H groups in total. The maximum Gasteiger partial charge on any atom is 0.237 e. The summed E-state index contributed by atoms with van der Waals surface area (Å²) in [5.41, 5.74) is 3.81. The lowest BCUT2D eigenvalue weighted by Gasteiger charge is -2.37. The number of aromatic nitrogens is 1. The Kier molecular flexibility index (Phi) is 4.09. The molecule has 1 aromatic heterocycles. The zero-order valence-electron chi connectivity index (χ0n) is 12.7. The van der Waals surface area contributed by atoms with E-state index in [2.05, 4.69) is 41.5 Å². The van der Waals surface area contributed by atoms with Crippen LogP contribution in [0.1, 0.15) is 36.8 Å². The quantitative estimate of drug-likeness (QED) is 0.894. The number of rotatable bonds is 5. The zero-order valence-corrected chi connectivity index (χ0v) is 12.7. The van der Waals surface area contributed by atoms with Gasteiger partial charge in [0.25, 0.3) is 0 Å². The van der Waals surface area contributed by atoms with Gasteiger partial charge in [0.1, 0.15) is 0 Å². The third kappa shape index (κ3) is 3.18. The number of pyridine rings is 1. The second-order valence-electron chi connectivity index (χ2n) is 5.71. The number of hydrogen-bond donors (Lipinski definition) is 1. The highest BCUT2D eigenvalue weighted by atomic mass is 16.5. The lowest BCUT2D eigenvalue weighted by atomic mass is 9.75. The van der Waals surface area contributed by atoms with E-state index in [0.29, 0.717) is 24.4 Å². The first-order valence-electron chi connectivity index (χ1n) is 7.67. The van der Waals surface area contributed by atoms with Crippen LogP contribution in [0.4, 0.5) is 5.69 Å². The van der Waals surface area contributed by atoms with Crippen molar-refractivity contribution in [2.45, 2.75) is 38.6 Å². The highest BCUT2D eigenvalue weighted by molar-refractivity contribution is 5.53. The maximum absolute atomic E-state index is 5.56. The molecule has 1 saturated carbocycles. The Balaban J connectivity index is 1.60. The van der Waals surface area contributed by atoms with Crippen molar-refractivity contribution in [1.82, 2.24) is 4.98 Å². The fraction of sp³-hybridized carbons (Fsp3) is 0.389. The first-order valence-corrected chi connectivity index (χ1v) is 7.67. The summed E-state index contributed by atoms with van der Waals surface area (Å²) in [6, 6.07) is 13.3. The average Bonchev–Trinajstić information content (AvgIpc) is 2.44. The van der Waals surface area contributed by atoms with Crippen molar-refractivity contribution in [3.05, 3.63) is 53.7 Å². The van der Waals surface area contributed by atoms with Crippen LogP contribution in [0.2, 0.25) is 0 Å². The van der Waals surface area contributed by atoms with Crippen molar-refractivity contribution in [1.29, 1.82) is 0 Å². The Morgan fingerprint density at radius 1 is 1.24 bits per heavy atom. The summed E-state index contributed by atoms with van der Waals surface area (Å²) in [5, 5.41) is 3.56. The van der Waals surface area contributed by atoms with E-state index in [1.54, 1.807) is 6.20 Å². The molecule has 21 heavy (non-hydrogen) atoms. The first kappa shape index (κ1) is 13.9. The van der Waals surface area contributed by atoms with Crippen LogP contribution in [0.5, 0.6) is 5.88 Å². The highest BCUT2D eigenvalue weighted by Gasteiger charge is 2.30. The lowest BCUT2D eigenvalue weighted by molar-refractivity contribution is 0.325. The minimum Gasteiger partial charge on any atom is -0.476 e. The average molecular weight is 282 g/mol. The summed E-state index contributed by atoms with van der Waals surface area (Å²) in [6.45, 7) is 4.78. The van der Waals surface area contributed by atoms with Gasteiger partial charge >= 0.3 is 0 Å². The molecule has 0 unspecified atom stereocenters. The van der Waals surface area contributed by atoms with Crippen LogP contribution >= 0.6 is 0 Å². The molecule has 3 rings (SSSR count). The molecule has 110 valence electrons. The van der Waals surface area contributed by atoms with Crippen LogP contribution in [-0.4, -0.2) is 17.6 Å². The van der Waals surface area contributed by atoms with E-state index in [1.165, 1.54) is 24.0 Å². The summed E-state index contributed by atoms with van der Waals surface area (Å²) < 4.78 is 5.56. The Labute approximate surface area is 126 Å². The van der Waals surface area contributed by atoms with E-state index < -0.39 is 0 Å². The minimum absolute atomic E-state index is 0.513.